The lowest BCUT2D eigenvalue weighted by Crippen LogP contribution is -2.29. The molecule has 0 aliphatic carbocycles. The summed E-state index contributed by atoms with van der Waals surface area (Å²) in [6.07, 6.45) is 0.731. The number of hydrogen-bond donors (Lipinski definition) is 1. The zero-order valence-corrected chi connectivity index (χ0v) is 16.7. The molecule has 0 fully saturated rings. The summed E-state index contributed by atoms with van der Waals surface area (Å²) in [4.78, 5) is 24.8. The van der Waals surface area contributed by atoms with E-state index in [1.165, 1.54) is 19.2 Å². The van der Waals surface area contributed by atoms with E-state index in [4.69, 9.17) is 9.47 Å². The Bertz CT molecular complexity index is 790. The van der Waals surface area contributed by atoms with E-state index in [2.05, 4.69) is 19.2 Å². The fourth-order valence-electron chi connectivity index (χ4n) is 2.75. The molecule has 1 heterocycles. The van der Waals surface area contributed by atoms with Crippen LogP contribution in [0.3, 0.4) is 0 Å². The smallest absolute Gasteiger partial charge is 0.286 e. The van der Waals surface area contributed by atoms with Crippen molar-refractivity contribution in [3.8, 4) is 11.5 Å². The molecule has 0 aliphatic rings. The van der Waals surface area contributed by atoms with E-state index in [9.17, 15) is 14.9 Å². The van der Waals surface area contributed by atoms with Crippen LogP contribution in [0.1, 0.15) is 48.5 Å². The van der Waals surface area contributed by atoms with Gasteiger partial charge in [-0.1, -0.05) is 19.9 Å². The topological polar surface area (TPSA) is 90.7 Å². The van der Waals surface area contributed by atoms with Crippen molar-refractivity contribution >= 4 is 22.9 Å². The lowest BCUT2D eigenvalue weighted by atomic mass is 10.0. The van der Waals surface area contributed by atoms with Gasteiger partial charge in [-0.2, -0.15) is 0 Å². The molecule has 1 unspecified atom stereocenters. The van der Waals surface area contributed by atoms with Gasteiger partial charge in [0.25, 0.3) is 11.6 Å². The molecule has 0 aliphatic heterocycles. The SMILES string of the molecule is CCOc1cc(C(=O)NC(CC(C)C)c2cccs2)c([N+](=O)[O-])cc1OC. The largest absolute Gasteiger partial charge is 0.493 e. The lowest BCUT2D eigenvalue weighted by molar-refractivity contribution is -0.385. The zero-order valence-electron chi connectivity index (χ0n) is 15.9. The average Bonchev–Trinajstić information content (AvgIpc) is 3.15. The molecule has 1 atom stereocenters. The molecule has 0 bridgehead atoms. The van der Waals surface area contributed by atoms with Crippen molar-refractivity contribution in [3.63, 3.8) is 0 Å². The number of nitrogens with one attached hydrogen (secondary N) is 1. The van der Waals surface area contributed by atoms with Gasteiger partial charge in [0.2, 0.25) is 0 Å². The van der Waals surface area contributed by atoms with Crippen LogP contribution in [0.2, 0.25) is 0 Å². The number of ether oxygens (including phenoxy) is 2. The number of hydrogen-bond acceptors (Lipinski definition) is 6. The van der Waals surface area contributed by atoms with Gasteiger partial charge in [0.05, 0.1) is 30.7 Å². The summed E-state index contributed by atoms with van der Waals surface area (Å²) in [7, 11) is 1.40. The molecular weight excluding hydrogens is 368 g/mol. The van der Waals surface area contributed by atoms with Gasteiger partial charge < -0.3 is 14.8 Å². The summed E-state index contributed by atoms with van der Waals surface area (Å²) in [5, 5.41) is 16.4. The summed E-state index contributed by atoms with van der Waals surface area (Å²) in [5.41, 5.74) is -0.364. The highest BCUT2D eigenvalue weighted by molar-refractivity contribution is 7.10. The minimum atomic E-state index is -0.588. The van der Waals surface area contributed by atoms with Crippen molar-refractivity contribution in [2.75, 3.05) is 13.7 Å². The third-order valence-corrected chi connectivity index (χ3v) is 4.91. The van der Waals surface area contributed by atoms with Crippen molar-refractivity contribution in [1.29, 1.82) is 0 Å². The average molecular weight is 392 g/mol. The first kappa shape index (κ1) is 20.7. The van der Waals surface area contributed by atoms with E-state index in [-0.39, 0.29) is 23.0 Å². The number of amides is 1. The second-order valence-electron chi connectivity index (χ2n) is 6.38. The van der Waals surface area contributed by atoms with E-state index in [1.807, 2.05) is 17.5 Å². The van der Waals surface area contributed by atoms with Crippen molar-refractivity contribution in [2.24, 2.45) is 5.92 Å². The Labute approximate surface area is 162 Å². The third-order valence-electron chi connectivity index (χ3n) is 3.92. The van der Waals surface area contributed by atoms with Crippen LogP contribution in [-0.4, -0.2) is 24.5 Å². The molecule has 1 amide bonds. The van der Waals surface area contributed by atoms with Crippen LogP contribution >= 0.6 is 11.3 Å². The number of carbonyl (C=O) groups is 1. The van der Waals surface area contributed by atoms with Crippen LogP contribution in [0.25, 0.3) is 0 Å². The van der Waals surface area contributed by atoms with Crippen LogP contribution in [0.4, 0.5) is 5.69 Å². The van der Waals surface area contributed by atoms with Crippen LogP contribution in [0.15, 0.2) is 29.6 Å². The number of methoxy groups -OCH3 is 1. The highest BCUT2D eigenvalue weighted by Gasteiger charge is 2.27. The van der Waals surface area contributed by atoms with Gasteiger partial charge in [-0.05, 0) is 30.7 Å². The number of rotatable bonds is 9. The highest BCUT2D eigenvalue weighted by atomic mass is 32.1. The Balaban J connectivity index is 2.40. The molecule has 2 rings (SSSR count). The molecule has 7 nitrogen and oxygen atoms in total. The Hall–Kier alpha value is -2.61. The predicted molar refractivity (Wildman–Crippen MR) is 105 cm³/mol. The van der Waals surface area contributed by atoms with Crippen LogP contribution in [0, 0.1) is 16.0 Å². The summed E-state index contributed by atoms with van der Waals surface area (Å²) < 4.78 is 10.6. The molecule has 0 radical (unpaired) electrons. The Morgan fingerprint density at radius 1 is 1.33 bits per heavy atom. The minimum absolute atomic E-state index is 0.0467. The number of benzene rings is 1. The van der Waals surface area contributed by atoms with E-state index in [0.717, 1.165) is 11.3 Å². The first-order valence-corrected chi connectivity index (χ1v) is 9.58. The molecule has 27 heavy (non-hydrogen) atoms. The van der Waals surface area contributed by atoms with Gasteiger partial charge in [-0.3, -0.25) is 14.9 Å². The number of thiophene rings is 1. The van der Waals surface area contributed by atoms with E-state index in [0.29, 0.717) is 18.3 Å². The highest BCUT2D eigenvalue weighted by Crippen LogP contribution is 2.35. The molecule has 1 N–H and O–H groups in total. The first-order chi connectivity index (χ1) is 12.9. The molecule has 146 valence electrons. The van der Waals surface area contributed by atoms with Crippen molar-refractivity contribution in [3.05, 3.63) is 50.2 Å². The van der Waals surface area contributed by atoms with Gasteiger partial charge in [0, 0.05) is 10.9 Å². The summed E-state index contributed by atoms with van der Waals surface area (Å²) in [6, 6.07) is 6.25. The van der Waals surface area contributed by atoms with Gasteiger partial charge in [0.15, 0.2) is 11.5 Å². The number of nitro benzene ring substituents is 1. The van der Waals surface area contributed by atoms with E-state index < -0.39 is 10.8 Å². The molecule has 1 aromatic carbocycles. The summed E-state index contributed by atoms with van der Waals surface area (Å²) >= 11 is 1.54. The molecule has 0 spiro atoms. The quantitative estimate of drug-likeness (QED) is 0.498. The maximum Gasteiger partial charge on any atom is 0.286 e. The van der Waals surface area contributed by atoms with Gasteiger partial charge >= 0.3 is 0 Å². The fourth-order valence-corrected chi connectivity index (χ4v) is 3.54. The summed E-state index contributed by atoms with van der Waals surface area (Å²) in [6.45, 7) is 6.27. The standard InChI is InChI=1S/C19H24N2O5S/c1-5-26-17-10-13(15(21(23)24)11-16(17)25-4)19(22)20-14(9-12(2)3)18-7-6-8-27-18/h6-8,10-12,14H,5,9H2,1-4H3,(H,20,22). The van der Waals surface area contributed by atoms with Crippen LogP contribution in [-0.2, 0) is 0 Å². The second-order valence-corrected chi connectivity index (χ2v) is 7.36. The van der Waals surface area contributed by atoms with Gasteiger partial charge in [0.1, 0.15) is 5.56 Å². The molecule has 0 saturated heterocycles. The minimum Gasteiger partial charge on any atom is -0.493 e. The second kappa shape index (κ2) is 9.36. The van der Waals surface area contributed by atoms with Crippen molar-refractivity contribution in [2.45, 2.75) is 33.2 Å². The van der Waals surface area contributed by atoms with E-state index in [1.54, 1.807) is 18.3 Å². The van der Waals surface area contributed by atoms with Crippen LogP contribution < -0.4 is 14.8 Å². The van der Waals surface area contributed by atoms with Gasteiger partial charge in [-0.25, -0.2) is 0 Å². The monoisotopic (exact) mass is 392 g/mol. The Kier molecular flexibility index (Phi) is 7.18. The van der Waals surface area contributed by atoms with Crippen molar-refractivity contribution in [1.82, 2.24) is 5.32 Å². The molecule has 8 heteroatoms. The van der Waals surface area contributed by atoms with Gasteiger partial charge in [-0.15, -0.1) is 11.3 Å². The van der Waals surface area contributed by atoms with Crippen molar-refractivity contribution < 1.29 is 19.2 Å². The fraction of sp³-hybridized carbons (Fsp3) is 0.421. The number of nitro groups is 1. The Morgan fingerprint density at radius 3 is 2.59 bits per heavy atom. The third kappa shape index (κ3) is 5.19. The molecule has 1 aromatic heterocycles. The zero-order chi connectivity index (χ0) is 20.0. The lowest BCUT2D eigenvalue weighted by Gasteiger charge is -2.20. The van der Waals surface area contributed by atoms with E-state index >= 15 is 0 Å². The molecular formula is C19H24N2O5S. The van der Waals surface area contributed by atoms with Crippen LogP contribution in [0.5, 0.6) is 11.5 Å². The maximum absolute atomic E-state index is 12.9. The number of nitrogens with zero attached hydrogens (tertiary/aromatic N) is 1. The number of carbonyl (C=O) groups excluding carboxylic acids is 1. The first-order valence-electron chi connectivity index (χ1n) is 8.70. The predicted octanol–water partition coefficient (Wildman–Crippen LogP) is 4.58. The molecule has 2 aromatic rings. The Morgan fingerprint density at radius 2 is 2.07 bits per heavy atom. The maximum atomic E-state index is 12.9. The normalized spacial score (nSPS) is 11.9. The summed E-state index contributed by atoms with van der Waals surface area (Å²) in [5.74, 6) is 0.357. The molecule has 0 saturated carbocycles.